The third-order valence-corrected chi connectivity index (χ3v) is 0.345. The molecule has 0 amide bonds. The van der Waals surface area contributed by atoms with Crippen molar-refractivity contribution in [1.82, 2.24) is 0 Å². The van der Waals surface area contributed by atoms with E-state index in [2.05, 4.69) is 0 Å². The van der Waals surface area contributed by atoms with Crippen LogP contribution in [0, 0.1) is 0 Å². The summed E-state index contributed by atoms with van der Waals surface area (Å²) in [5, 5.41) is 9.18. The molecule has 0 atom stereocenters. The van der Waals surface area contributed by atoms with E-state index in [1.54, 1.807) is 0 Å². The van der Waals surface area contributed by atoms with Crippen molar-refractivity contribution in [3.05, 3.63) is 0 Å². The molecule has 0 N–H and O–H groups in total. The molecule has 0 fully saturated rings. The van der Waals surface area contributed by atoms with E-state index < -0.39 is 18.6 Å². The maximum Gasteiger partial charge on any atom is 1.00 e. The van der Waals surface area contributed by atoms with Gasteiger partial charge in [0.05, 0.1) is 12.4 Å². The Kier molecular flexibility index (Phi) is 4.91. The van der Waals surface area contributed by atoms with Crippen LogP contribution in [0.1, 0.15) is 6.42 Å². The van der Waals surface area contributed by atoms with Gasteiger partial charge in [0.2, 0.25) is 0 Å². The number of carbonyl (C=O) groups is 1. The molecule has 0 aromatic rings. The van der Waals surface area contributed by atoms with E-state index in [4.69, 9.17) is 0 Å². The first kappa shape index (κ1) is 11.6. The zero-order chi connectivity index (χ0) is 6.78. The number of carbonyl (C=O) groups excluding carboxylic acids is 1. The van der Waals surface area contributed by atoms with E-state index >= 15 is 0 Å². The molecule has 0 saturated carbocycles. The largest absolute Gasteiger partial charge is 1.00 e. The monoisotopic (exact) mass is 134 g/mol. The standard InChI is InChI=1S/C3H3F3O2.Li/c4-3(5,6)1-2(7)8;/h1H2,(H,7,8);/q;+1/p-1. The fourth-order valence-corrected chi connectivity index (χ4v) is 0.164. The maximum atomic E-state index is 10.9. The Hall–Kier alpha value is -0.143. The SMILES string of the molecule is O=C([O-])CC(F)(F)F.[Li+]. The van der Waals surface area contributed by atoms with Crippen molar-refractivity contribution in [3.8, 4) is 0 Å². The molecule has 0 heterocycles. The number of rotatable bonds is 1. The van der Waals surface area contributed by atoms with Gasteiger partial charge in [-0.2, -0.15) is 13.2 Å². The Morgan fingerprint density at radius 3 is 1.78 bits per heavy atom. The second-order valence-corrected chi connectivity index (χ2v) is 1.16. The van der Waals surface area contributed by atoms with E-state index in [9.17, 15) is 23.1 Å². The molecule has 0 aromatic carbocycles. The molecule has 0 aliphatic heterocycles. The molecule has 9 heavy (non-hydrogen) atoms. The van der Waals surface area contributed by atoms with Gasteiger partial charge >= 0.3 is 25.0 Å². The molecule has 48 valence electrons. The van der Waals surface area contributed by atoms with E-state index in [1.807, 2.05) is 0 Å². The first-order chi connectivity index (χ1) is 3.42. The molecule has 0 radical (unpaired) electrons. The Morgan fingerprint density at radius 1 is 1.44 bits per heavy atom. The number of carboxylic acids is 1. The van der Waals surface area contributed by atoms with Crippen LogP contribution in [0.3, 0.4) is 0 Å². The fourth-order valence-electron chi connectivity index (χ4n) is 0.164. The average Bonchev–Trinajstić information content (AvgIpc) is 1.21. The molecular formula is C3H2F3LiO2. The predicted octanol–water partition coefficient (Wildman–Crippen LogP) is -3.31. The van der Waals surface area contributed by atoms with E-state index in [0.717, 1.165) is 0 Å². The Balaban J connectivity index is 0. The smallest absolute Gasteiger partial charge is 0.550 e. The first-order valence-electron chi connectivity index (χ1n) is 1.68. The van der Waals surface area contributed by atoms with Crippen molar-refractivity contribution < 1.29 is 41.9 Å². The van der Waals surface area contributed by atoms with Crippen LogP contribution in [0.5, 0.6) is 0 Å². The van der Waals surface area contributed by atoms with Crippen molar-refractivity contribution in [2.45, 2.75) is 12.6 Å². The van der Waals surface area contributed by atoms with Gasteiger partial charge in [-0.1, -0.05) is 0 Å². The van der Waals surface area contributed by atoms with Crippen LogP contribution in [0.4, 0.5) is 13.2 Å². The second-order valence-electron chi connectivity index (χ2n) is 1.16. The normalized spacial score (nSPS) is 10.1. The molecule has 0 bridgehead atoms. The van der Waals surface area contributed by atoms with Gasteiger partial charge < -0.3 is 9.90 Å². The molecule has 6 heteroatoms. The summed E-state index contributed by atoms with van der Waals surface area (Å²) < 4.78 is 32.7. The summed E-state index contributed by atoms with van der Waals surface area (Å²) in [6.45, 7) is 0. The summed E-state index contributed by atoms with van der Waals surface area (Å²) in [6.07, 6.45) is -6.51. The number of carboxylic acid groups (broad SMARTS) is 1. The topological polar surface area (TPSA) is 40.1 Å². The third-order valence-electron chi connectivity index (χ3n) is 0.345. The number of hydrogen-bond donors (Lipinski definition) is 0. The fraction of sp³-hybridized carbons (Fsp3) is 0.667. The van der Waals surface area contributed by atoms with Crippen molar-refractivity contribution in [3.63, 3.8) is 0 Å². The van der Waals surface area contributed by atoms with Crippen LogP contribution in [0.25, 0.3) is 0 Å². The third kappa shape index (κ3) is 11.4. The maximum absolute atomic E-state index is 10.9. The van der Waals surface area contributed by atoms with Gasteiger partial charge in [0.15, 0.2) is 0 Å². The minimum atomic E-state index is -4.64. The van der Waals surface area contributed by atoms with Crippen LogP contribution in [-0.4, -0.2) is 12.1 Å². The minimum Gasteiger partial charge on any atom is -0.550 e. The van der Waals surface area contributed by atoms with Gasteiger partial charge in [-0.05, 0) is 0 Å². The molecule has 0 unspecified atom stereocenters. The van der Waals surface area contributed by atoms with Crippen LogP contribution >= 0.6 is 0 Å². The Labute approximate surface area is 61.2 Å². The molecule has 0 spiro atoms. The number of hydrogen-bond acceptors (Lipinski definition) is 2. The van der Waals surface area contributed by atoms with Gasteiger partial charge in [0.25, 0.3) is 0 Å². The zero-order valence-corrected chi connectivity index (χ0v) is 4.66. The van der Waals surface area contributed by atoms with Gasteiger partial charge in [-0.15, -0.1) is 0 Å². The molecule has 0 aliphatic carbocycles. The quantitative estimate of drug-likeness (QED) is 0.352. The molecular weight excluding hydrogens is 132 g/mol. The number of alkyl halides is 3. The van der Waals surface area contributed by atoms with Crippen molar-refractivity contribution >= 4 is 5.97 Å². The van der Waals surface area contributed by atoms with Gasteiger partial charge in [-0.3, -0.25) is 0 Å². The number of halogens is 3. The molecule has 0 rings (SSSR count). The molecule has 2 nitrogen and oxygen atoms in total. The van der Waals surface area contributed by atoms with Crippen LogP contribution in [0.15, 0.2) is 0 Å². The summed E-state index contributed by atoms with van der Waals surface area (Å²) in [6, 6.07) is 0. The Morgan fingerprint density at radius 2 is 1.78 bits per heavy atom. The summed E-state index contributed by atoms with van der Waals surface area (Å²) in [4.78, 5) is 9.18. The van der Waals surface area contributed by atoms with Gasteiger partial charge in [0, 0.05) is 0 Å². The molecule has 0 saturated heterocycles. The summed E-state index contributed by atoms with van der Waals surface area (Å²) >= 11 is 0. The van der Waals surface area contributed by atoms with Crippen molar-refractivity contribution in [2.75, 3.05) is 0 Å². The van der Waals surface area contributed by atoms with E-state index in [0.29, 0.717) is 0 Å². The van der Waals surface area contributed by atoms with E-state index in [1.165, 1.54) is 0 Å². The van der Waals surface area contributed by atoms with E-state index in [-0.39, 0.29) is 18.9 Å². The summed E-state index contributed by atoms with van der Waals surface area (Å²) in [7, 11) is 0. The average molecular weight is 134 g/mol. The molecule has 0 aliphatic rings. The minimum absolute atomic E-state index is 0. The second kappa shape index (κ2) is 3.80. The summed E-state index contributed by atoms with van der Waals surface area (Å²) in [5.74, 6) is -2.10. The predicted molar refractivity (Wildman–Crippen MR) is 15.7 cm³/mol. The van der Waals surface area contributed by atoms with Gasteiger partial charge in [0.1, 0.15) is 0 Å². The Bertz CT molecular complexity index is 99.7. The van der Waals surface area contributed by atoms with Crippen LogP contribution in [0.2, 0.25) is 0 Å². The van der Waals surface area contributed by atoms with Crippen molar-refractivity contribution in [1.29, 1.82) is 0 Å². The van der Waals surface area contributed by atoms with Crippen LogP contribution < -0.4 is 24.0 Å². The molecule has 0 aromatic heterocycles. The van der Waals surface area contributed by atoms with Crippen molar-refractivity contribution in [2.24, 2.45) is 0 Å². The number of aliphatic carboxylic acids is 1. The first-order valence-corrected chi connectivity index (χ1v) is 1.68. The van der Waals surface area contributed by atoms with Gasteiger partial charge in [-0.25, -0.2) is 0 Å². The summed E-state index contributed by atoms with van der Waals surface area (Å²) in [5.41, 5.74) is 0. The van der Waals surface area contributed by atoms with Crippen LogP contribution in [-0.2, 0) is 4.79 Å². The zero-order valence-electron chi connectivity index (χ0n) is 4.66.